The molecular formula is C10H15N7O3. The van der Waals surface area contributed by atoms with Gasteiger partial charge in [-0.05, 0) is 0 Å². The lowest BCUT2D eigenvalue weighted by atomic mass is 10.2. The maximum atomic E-state index is 9.78. The van der Waals surface area contributed by atoms with Crippen LogP contribution in [0.2, 0.25) is 0 Å². The van der Waals surface area contributed by atoms with Crippen LogP contribution in [0.15, 0.2) is 6.33 Å². The van der Waals surface area contributed by atoms with E-state index in [9.17, 15) is 5.11 Å². The van der Waals surface area contributed by atoms with Crippen LogP contribution < -0.4 is 17.0 Å². The quantitative estimate of drug-likeness (QED) is 0.328. The summed E-state index contributed by atoms with van der Waals surface area (Å²) in [5.41, 5.74) is 8.97. The Morgan fingerprint density at radius 3 is 2.95 bits per heavy atom. The van der Waals surface area contributed by atoms with E-state index in [1.807, 2.05) is 0 Å². The minimum atomic E-state index is -0.742. The Morgan fingerprint density at radius 2 is 2.30 bits per heavy atom. The van der Waals surface area contributed by atoms with Crippen LogP contribution in [0.25, 0.3) is 11.2 Å². The molecule has 3 atom stereocenters. The van der Waals surface area contributed by atoms with Gasteiger partial charge in [0, 0.05) is 6.42 Å². The van der Waals surface area contributed by atoms with E-state index in [4.69, 9.17) is 21.4 Å². The third kappa shape index (κ3) is 1.94. The number of anilines is 2. The fraction of sp³-hybridized carbons (Fsp3) is 0.500. The molecule has 2 aromatic heterocycles. The number of hydrogen-bond donors (Lipinski definition) is 5. The van der Waals surface area contributed by atoms with Crippen LogP contribution in [0.5, 0.6) is 0 Å². The van der Waals surface area contributed by atoms with Crippen molar-refractivity contribution in [1.29, 1.82) is 0 Å². The summed E-state index contributed by atoms with van der Waals surface area (Å²) >= 11 is 0. The lowest BCUT2D eigenvalue weighted by Crippen LogP contribution is -2.24. The highest BCUT2D eigenvalue weighted by Gasteiger charge is 2.35. The summed E-state index contributed by atoms with van der Waals surface area (Å²) in [7, 11) is 0. The highest BCUT2D eigenvalue weighted by Crippen LogP contribution is 2.31. The molecule has 0 amide bonds. The van der Waals surface area contributed by atoms with Gasteiger partial charge in [-0.2, -0.15) is 9.97 Å². The number of fused-ring (bicyclic) bond motifs is 1. The molecule has 2 aromatic rings. The van der Waals surface area contributed by atoms with Gasteiger partial charge in [-0.15, -0.1) is 0 Å². The van der Waals surface area contributed by atoms with E-state index in [2.05, 4.69) is 20.4 Å². The Morgan fingerprint density at radius 1 is 1.50 bits per heavy atom. The number of rotatable bonds is 3. The lowest BCUT2D eigenvalue weighted by molar-refractivity contribution is -0.0432. The average molecular weight is 281 g/mol. The van der Waals surface area contributed by atoms with Gasteiger partial charge in [0.15, 0.2) is 11.5 Å². The molecule has 0 aromatic carbocycles. The minimum Gasteiger partial charge on any atom is -0.394 e. The topological polar surface area (TPSA) is 157 Å². The van der Waals surface area contributed by atoms with Crippen LogP contribution in [-0.4, -0.2) is 48.5 Å². The van der Waals surface area contributed by atoms with Crippen molar-refractivity contribution in [3.05, 3.63) is 6.33 Å². The zero-order valence-corrected chi connectivity index (χ0v) is 10.5. The number of aromatic nitrogens is 4. The van der Waals surface area contributed by atoms with Crippen molar-refractivity contribution in [2.24, 2.45) is 5.84 Å². The first-order chi connectivity index (χ1) is 9.63. The molecule has 1 saturated heterocycles. The lowest BCUT2D eigenvalue weighted by Gasteiger charge is -2.13. The molecule has 1 fully saturated rings. The number of imidazole rings is 1. The molecular weight excluding hydrogens is 266 g/mol. The molecule has 0 bridgehead atoms. The molecule has 3 heterocycles. The SMILES string of the molecule is NNc1nc(N)c2ncn([C@H]3CC(O)[C@@H](CO)O3)c2n1. The van der Waals surface area contributed by atoms with Gasteiger partial charge in [-0.1, -0.05) is 0 Å². The fourth-order valence-electron chi connectivity index (χ4n) is 2.26. The van der Waals surface area contributed by atoms with E-state index >= 15 is 0 Å². The van der Waals surface area contributed by atoms with E-state index in [0.717, 1.165) is 0 Å². The number of nitrogen functional groups attached to an aromatic ring is 2. The van der Waals surface area contributed by atoms with Crippen molar-refractivity contribution in [3.63, 3.8) is 0 Å². The van der Waals surface area contributed by atoms with Crippen LogP contribution in [0.3, 0.4) is 0 Å². The van der Waals surface area contributed by atoms with Crippen molar-refractivity contribution in [1.82, 2.24) is 19.5 Å². The van der Waals surface area contributed by atoms with E-state index in [0.29, 0.717) is 17.6 Å². The molecule has 0 radical (unpaired) electrons. The van der Waals surface area contributed by atoms with Crippen molar-refractivity contribution in [3.8, 4) is 0 Å². The number of nitrogens with one attached hydrogen (secondary N) is 1. The molecule has 0 aliphatic carbocycles. The van der Waals surface area contributed by atoms with E-state index in [1.165, 1.54) is 6.33 Å². The first-order valence-electron chi connectivity index (χ1n) is 6.05. The van der Waals surface area contributed by atoms with Crippen molar-refractivity contribution >= 4 is 22.9 Å². The highest BCUT2D eigenvalue weighted by atomic mass is 16.5. The molecule has 7 N–H and O–H groups in total. The predicted molar refractivity (Wildman–Crippen MR) is 69.2 cm³/mol. The number of nitrogens with two attached hydrogens (primary N) is 2. The normalized spacial score (nSPS) is 26.2. The Kier molecular flexibility index (Phi) is 3.14. The number of hydrogen-bond acceptors (Lipinski definition) is 9. The Bertz CT molecular complexity index is 631. The molecule has 20 heavy (non-hydrogen) atoms. The largest absolute Gasteiger partial charge is 0.394 e. The third-order valence-corrected chi connectivity index (χ3v) is 3.27. The summed E-state index contributed by atoms with van der Waals surface area (Å²) in [6.45, 7) is -0.253. The Labute approximate surface area is 113 Å². The number of aliphatic hydroxyl groups is 2. The molecule has 1 aliphatic heterocycles. The number of aliphatic hydroxyl groups excluding tert-OH is 2. The second kappa shape index (κ2) is 4.83. The molecule has 3 rings (SSSR count). The summed E-state index contributed by atoms with van der Waals surface area (Å²) < 4.78 is 7.19. The monoisotopic (exact) mass is 281 g/mol. The molecule has 1 aliphatic rings. The van der Waals surface area contributed by atoms with Crippen molar-refractivity contribution in [2.45, 2.75) is 24.9 Å². The van der Waals surface area contributed by atoms with Crippen molar-refractivity contribution < 1.29 is 14.9 Å². The maximum absolute atomic E-state index is 9.78. The van der Waals surface area contributed by atoms with Crippen LogP contribution in [0.4, 0.5) is 11.8 Å². The minimum absolute atomic E-state index is 0.161. The maximum Gasteiger partial charge on any atom is 0.241 e. The third-order valence-electron chi connectivity index (χ3n) is 3.27. The molecule has 0 saturated carbocycles. The number of nitrogens with zero attached hydrogens (tertiary/aromatic N) is 4. The van der Waals surface area contributed by atoms with Gasteiger partial charge in [-0.3, -0.25) is 9.99 Å². The summed E-state index contributed by atoms with van der Waals surface area (Å²) in [6.07, 6.45) is -0.0105. The van der Waals surface area contributed by atoms with E-state index < -0.39 is 18.4 Å². The number of hydrazine groups is 1. The molecule has 1 unspecified atom stereocenters. The van der Waals surface area contributed by atoms with Crippen LogP contribution >= 0.6 is 0 Å². The second-order valence-electron chi connectivity index (χ2n) is 4.52. The van der Waals surface area contributed by atoms with E-state index in [-0.39, 0.29) is 18.4 Å². The van der Waals surface area contributed by atoms with Gasteiger partial charge in [0.05, 0.1) is 19.0 Å². The van der Waals surface area contributed by atoms with Gasteiger partial charge in [0.2, 0.25) is 5.95 Å². The summed E-state index contributed by atoms with van der Waals surface area (Å²) in [4.78, 5) is 12.2. The number of ether oxygens (including phenoxy) is 1. The van der Waals surface area contributed by atoms with Crippen molar-refractivity contribution in [2.75, 3.05) is 17.8 Å². The zero-order valence-electron chi connectivity index (χ0n) is 10.5. The fourth-order valence-corrected chi connectivity index (χ4v) is 2.26. The highest BCUT2D eigenvalue weighted by molar-refractivity contribution is 5.82. The van der Waals surface area contributed by atoms with Gasteiger partial charge in [-0.25, -0.2) is 10.8 Å². The molecule has 10 heteroatoms. The van der Waals surface area contributed by atoms with Gasteiger partial charge in [0.1, 0.15) is 17.8 Å². The van der Waals surface area contributed by atoms with Crippen LogP contribution in [-0.2, 0) is 4.74 Å². The van der Waals surface area contributed by atoms with Gasteiger partial charge < -0.3 is 20.7 Å². The molecule has 0 spiro atoms. The zero-order chi connectivity index (χ0) is 14.3. The Hall–Kier alpha value is -2.01. The van der Waals surface area contributed by atoms with Gasteiger partial charge >= 0.3 is 0 Å². The molecule has 10 nitrogen and oxygen atoms in total. The summed E-state index contributed by atoms with van der Waals surface area (Å²) in [5.74, 6) is 5.64. The average Bonchev–Trinajstić information content (AvgIpc) is 3.01. The summed E-state index contributed by atoms with van der Waals surface area (Å²) in [5, 5.41) is 18.9. The van der Waals surface area contributed by atoms with Gasteiger partial charge in [0.25, 0.3) is 0 Å². The first-order valence-corrected chi connectivity index (χ1v) is 6.05. The molecule has 108 valence electrons. The smallest absolute Gasteiger partial charge is 0.241 e. The van der Waals surface area contributed by atoms with Crippen LogP contribution in [0, 0.1) is 0 Å². The second-order valence-corrected chi connectivity index (χ2v) is 4.52. The van der Waals surface area contributed by atoms with E-state index in [1.54, 1.807) is 4.57 Å². The standard InChI is InChI=1S/C10H15N7O3/c11-8-7-9(15-10(14-8)16-12)17(3-13-7)6-1-4(19)5(2-18)20-6/h3-6,18-19H,1-2,12H2,(H3,11,14,15,16)/t4?,5-,6-/m1/s1. The summed E-state index contributed by atoms with van der Waals surface area (Å²) in [6, 6.07) is 0. The first kappa shape index (κ1) is 13.0. The van der Waals surface area contributed by atoms with Crippen LogP contribution in [0.1, 0.15) is 12.6 Å². The Balaban J connectivity index is 2.02. The predicted octanol–water partition coefficient (Wildman–Crippen LogP) is -1.67.